The van der Waals surface area contributed by atoms with Crippen LogP contribution in [-0.4, -0.2) is 53.8 Å². The Hall–Kier alpha value is -5.15. The molecule has 2 aliphatic rings. The van der Waals surface area contributed by atoms with Crippen molar-refractivity contribution in [3.63, 3.8) is 0 Å². The molecule has 9 heteroatoms. The van der Waals surface area contributed by atoms with Crippen LogP contribution < -0.4 is 21.3 Å². The Morgan fingerprint density at radius 2 is 1.67 bits per heavy atom. The van der Waals surface area contributed by atoms with Crippen LogP contribution in [-0.2, 0) is 4.79 Å². The number of nitrogens with one attached hydrogen (secondary N) is 5. The van der Waals surface area contributed by atoms with Crippen LogP contribution in [0.4, 0.5) is 22.7 Å². The van der Waals surface area contributed by atoms with Gasteiger partial charge in [0.2, 0.25) is 0 Å². The molecule has 0 bridgehead atoms. The summed E-state index contributed by atoms with van der Waals surface area (Å²) < 4.78 is 0. The molecule has 1 fully saturated rings. The Labute approximate surface area is 263 Å². The van der Waals surface area contributed by atoms with E-state index >= 15 is 0 Å². The molecule has 0 radical (unpaired) electrons. The molecule has 5 N–H and O–H groups in total. The summed E-state index contributed by atoms with van der Waals surface area (Å²) >= 11 is 0. The van der Waals surface area contributed by atoms with E-state index in [0.717, 1.165) is 59.1 Å². The number of benzene rings is 3. The van der Waals surface area contributed by atoms with Crippen molar-refractivity contribution in [1.82, 2.24) is 15.2 Å². The number of hydrogen-bond donors (Lipinski definition) is 5. The molecule has 9 nitrogen and oxygen atoms in total. The number of rotatable bonds is 9. The van der Waals surface area contributed by atoms with Gasteiger partial charge in [0.25, 0.3) is 17.7 Å². The van der Waals surface area contributed by atoms with E-state index in [9.17, 15) is 14.4 Å². The SMILES string of the molecule is Cc1ccc(NC(=O)c2ccccc2)cc1Nc1ccc2c(c1)NC(=O)/C2=C\c1[nH]c(C)c(C(=O)NCCN2CCCC2)c1C. The van der Waals surface area contributed by atoms with Crippen LogP contribution in [0.5, 0.6) is 0 Å². The van der Waals surface area contributed by atoms with E-state index < -0.39 is 0 Å². The maximum Gasteiger partial charge on any atom is 0.256 e. The number of aromatic amines is 1. The zero-order valence-electron chi connectivity index (χ0n) is 25.8. The maximum atomic E-state index is 13.1. The van der Waals surface area contributed by atoms with E-state index in [0.29, 0.717) is 34.6 Å². The van der Waals surface area contributed by atoms with Gasteiger partial charge in [0.15, 0.2) is 0 Å². The van der Waals surface area contributed by atoms with Crippen molar-refractivity contribution in [1.29, 1.82) is 0 Å². The minimum Gasteiger partial charge on any atom is -0.358 e. The highest BCUT2D eigenvalue weighted by atomic mass is 16.2. The molecule has 3 heterocycles. The van der Waals surface area contributed by atoms with Crippen molar-refractivity contribution in [2.45, 2.75) is 33.6 Å². The molecule has 3 amide bonds. The average molecular weight is 603 g/mol. The Bertz CT molecular complexity index is 1800. The van der Waals surface area contributed by atoms with Gasteiger partial charge >= 0.3 is 0 Å². The molecule has 1 saturated heterocycles. The number of anilines is 4. The van der Waals surface area contributed by atoms with Crippen LogP contribution in [0.15, 0.2) is 66.7 Å². The number of carbonyl (C=O) groups excluding carboxylic acids is 3. The molecular weight excluding hydrogens is 564 g/mol. The van der Waals surface area contributed by atoms with Gasteiger partial charge in [-0.3, -0.25) is 14.4 Å². The summed E-state index contributed by atoms with van der Waals surface area (Å²) in [5.41, 5.74) is 8.86. The zero-order valence-corrected chi connectivity index (χ0v) is 25.8. The number of hydrogen-bond acceptors (Lipinski definition) is 5. The molecule has 4 aromatic rings. The molecule has 1 aromatic heterocycles. The first kappa shape index (κ1) is 29.9. The first-order chi connectivity index (χ1) is 21.8. The standard InChI is InChI=1S/C36H38N6O3/c1-22-11-12-27(40-34(43)25-9-5-4-6-10-25)19-30(22)39-26-13-14-28-29(35(44)41-32(28)20-26)21-31-23(2)33(24(3)38-31)36(45)37-15-18-42-16-7-8-17-42/h4-6,9-14,19-21,38-39H,7-8,15-18H2,1-3H3,(H,37,45)(H,40,43)(H,41,44)/b29-21-. The minimum atomic E-state index is -0.202. The maximum absolute atomic E-state index is 13.1. The van der Waals surface area contributed by atoms with Gasteiger partial charge in [-0.15, -0.1) is 0 Å². The molecule has 3 aromatic carbocycles. The van der Waals surface area contributed by atoms with Gasteiger partial charge in [0.1, 0.15) is 0 Å². The number of likely N-dealkylation sites (tertiary alicyclic amines) is 1. The van der Waals surface area contributed by atoms with Crippen molar-refractivity contribution < 1.29 is 14.4 Å². The fourth-order valence-corrected chi connectivity index (χ4v) is 6.02. The fraction of sp³-hybridized carbons (Fsp3) is 0.250. The van der Waals surface area contributed by atoms with Crippen LogP contribution in [0, 0.1) is 20.8 Å². The summed E-state index contributed by atoms with van der Waals surface area (Å²) in [7, 11) is 0. The highest BCUT2D eigenvalue weighted by Gasteiger charge is 2.26. The molecule has 0 atom stereocenters. The number of aromatic nitrogens is 1. The largest absolute Gasteiger partial charge is 0.358 e. The first-order valence-corrected chi connectivity index (χ1v) is 15.4. The number of carbonyl (C=O) groups is 3. The second-order valence-electron chi connectivity index (χ2n) is 11.7. The van der Waals surface area contributed by atoms with Gasteiger partial charge in [0.05, 0.1) is 16.8 Å². The summed E-state index contributed by atoms with van der Waals surface area (Å²) in [6.07, 6.45) is 4.27. The molecule has 0 saturated carbocycles. The highest BCUT2D eigenvalue weighted by Crippen LogP contribution is 2.37. The molecule has 45 heavy (non-hydrogen) atoms. The number of fused-ring (bicyclic) bond motifs is 1. The van der Waals surface area contributed by atoms with Crippen LogP contribution in [0.3, 0.4) is 0 Å². The molecule has 230 valence electrons. The van der Waals surface area contributed by atoms with E-state index in [1.807, 2.05) is 81.4 Å². The van der Waals surface area contributed by atoms with Crippen molar-refractivity contribution >= 4 is 52.1 Å². The van der Waals surface area contributed by atoms with Gasteiger partial charge in [0, 0.05) is 52.7 Å². The predicted molar refractivity (Wildman–Crippen MR) is 180 cm³/mol. The van der Waals surface area contributed by atoms with Crippen molar-refractivity contribution in [2.24, 2.45) is 0 Å². The molecule has 0 spiro atoms. The molecule has 0 aliphatic carbocycles. The van der Waals surface area contributed by atoms with Crippen LogP contribution in [0.1, 0.15) is 61.6 Å². The second kappa shape index (κ2) is 12.8. The van der Waals surface area contributed by atoms with E-state index in [-0.39, 0.29) is 17.7 Å². The van der Waals surface area contributed by atoms with Gasteiger partial charge in [-0.25, -0.2) is 0 Å². The Morgan fingerprint density at radius 3 is 2.44 bits per heavy atom. The first-order valence-electron chi connectivity index (χ1n) is 15.4. The van der Waals surface area contributed by atoms with Crippen molar-refractivity contribution in [3.8, 4) is 0 Å². The lowest BCUT2D eigenvalue weighted by molar-refractivity contribution is -0.110. The zero-order chi connectivity index (χ0) is 31.5. The van der Waals surface area contributed by atoms with Gasteiger partial charge < -0.3 is 31.2 Å². The highest BCUT2D eigenvalue weighted by molar-refractivity contribution is 6.35. The number of nitrogens with zero attached hydrogens (tertiary/aromatic N) is 1. The van der Waals surface area contributed by atoms with E-state index in [1.165, 1.54) is 12.8 Å². The molecular formula is C36H38N6O3. The van der Waals surface area contributed by atoms with Crippen LogP contribution in [0.25, 0.3) is 11.6 Å². The summed E-state index contributed by atoms with van der Waals surface area (Å²) in [6.45, 7) is 9.44. The molecule has 6 rings (SSSR count). The van der Waals surface area contributed by atoms with Crippen LogP contribution >= 0.6 is 0 Å². The molecule has 2 aliphatic heterocycles. The molecule has 0 unspecified atom stereocenters. The summed E-state index contributed by atoms with van der Waals surface area (Å²) in [4.78, 5) is 44.5. The van der Waals surface area contributed by atoms with Gasteiger partial charge in [-0.1, -0.05) is 30.3 Å². The quantitative estimate of drug-likeness (QED) is 0.145. The minimum absolute atomic E-state index is 0.101. The lowest BCUT2D eigenvalue weighted by atomic mass is 10.0. The summed E-state index contributed by atoms with van der Waals surface area (Å²) in [6, 6.07) is 20.5. The summed E-state index contributed by atoms with van der Waals surface area (Å²) in [5.74, 6) is -0.481. The predicted octanol–water partition coefficient (Wildman–Crippen LogP) is 6.25. The third kappa shape index (κ3) is 6.53. The van der Waals surface area contributed by atoms with Gasteiger partial charge in [-0.05, 0) is 100 Å². The lowest BCUT2D eigenvalue weighted by Crippen LogP contribution is -2.33. The fourth-order valence-electron chi connectivity index (χ4n) is 6.02. The Kier molecular flexibility index (Phi) is 8.53. The van der Waals surface area contributed by atoms with E-state index in [4.69, 9.17) is 0 Å². The third-order valence-corrected chi connectivity index (χ3v) is 8.52. The topological polar surface area (TPSA) is 118 Å². The average Bonchev–Trinajstić information content (AvgIpc) is 3.73. The number of aryl methyl sites for hydroxylation is 2. The Morgan fingerprint density at radius 1 is 0.911 bits per heavy atom. The Balaban J connectivity index is 1.17. The smallest absolute Gasteiger partial charge is 0.256 e. The van der Waals surface area contributed by atoms with Crippen molar-refractivity contribution in [2.75, 3.05) is 42.1 Å². The second-order valence-corrected chi connectivity index (χ2v) is 11.7. The number of amides is 3. The van der Waals surface area contributed by atoms with E-state index in [2.05, 4.69) is 31.2 Å². The summed E-state index contributed by atoms with van der Waals surface area (Å²) in [5, 5.41) is 12.4. The third-order valence-electron chi connectivity index (χ3n) is 8.52. The monoisotopic (exact) mass is 602 g/mol. The van der Waals surface area contributed by atoms with Crippen LogP contribution in [0.2, 0.25) is 0 Å². The normalized spacial score (nSPS) is 15.2. The van der Waals surface area contributed by atoms with Crippen molar-refractivity contribution in [3.05, 3.63) is 106 Å². The van der Waals surface area contributed by atoms with E-state index in [1.54, 1.807) is 12.1 Å². The number of H-pyrrole nitrogens is 1. The lowest BCUT2D eigenvalue weighted by Gasteiger charge is -2.14. The van der Waals surface area contributed by atoms with Gasteiger partial charge in [-0.2, -0.15) is 0 Å².